The first-order valence-corrected chi connectivity index (χ1v) is 11.5. The topological polar surface area (TPSA) is 78.5 Å². The Balaban J connectivity index is 1.69. The number of nitrogens with one attached hydrogen (secondary N) is 2. The molecule has 0 spiro atoms. The first kappa shape index (κ1) is 23.9. The number of carbonyl (C=O) groups is 3. The third-order valence-corrected chi connectivity index (χ3v) is 5.97. The molecular weight excluding hydrogens is 477 g/mol. The second-order valence-corrected chi connectivity index (χ2v) is 9.18. The van der Waals surface area contributed by atoms with Crippen molar-refractivity contribution in [3.63, 3.8) is 0 Å². The summed E-state index contributed by atoms with van der Waals surface area (Å²) in [5.41, 5.74) is 0.896. The quantitative estimate of drug-likeness (QED) is 0.629. The average molecular weight is 504 g/mol. The van der Waals surface area contributed by atoms with E-state index in [0.29, 0.717) is 31.5 Å². The largest absolute Gasteiger partial charge is 0.352 e. The molecule has 1 atom stereocenters. The van der Waals surface area contributed by atoms with Gasteiger partial charge < -0.3 is 15.5 Å². The first-order valence-electron chi connectivity index (χ1n) is 10.7. The standard InChI is InChI=1S/C24H27BrFN3O3/c1-15(2)27-23(31)21(28-22(30)17-6-8-20(26)9-7-17)16-10-12-29(13-11-16)24(32)18-4-3-5-19(25)14-18/h3-9,14-16,21H,10-13H2,1-2H3,(H,27,31)(H,28,30)/t21-/m1/s1. The van der Waals surface area contributed by atoms with Crippen molar-refractivity contribution in [3.8, 4) is 0 Å². The Morgan fingerprint density at radius 2 is 1.66 bits per heavy atom. The second-order valence-electron chi connectivity index (χ2n) is 8.26. The van der Waals surface area contributed by atoms with Gasteiger partial charge >= 0.3 is 0 Å². The van der Waals surface area contributed by atoms with Crippen LogP contribution in [0.1, 0.15) is 47.4 Å². The first-order chi connectivity index (χ1) is 15.2. The van der Waals surface area contributed by atoms with Gasteiger partial charge in [0.15, 0.2) is 0 Å². The maximum atomic E-state index is 13.2. The molecule has 6 nitrogen and oxygen atoms in total. The molecule has 0 saturated carbocycles. The van der Waals surface area contributed by atoms with Gasteiger partial charge in [-0.05, 0) is 75.1 Å². The van der Waals surface area contributed by atoms with E-state index in [1.807, 2.05) is 26.0 Å². The number of halogens is 2. The van der Waals surface area contributed by atoms with Crippen molar-refractivity contribution in [2.45, 2.75) is 38.8 Å². The Kier molecular flexibility index (Phi) is 8.01. The molecule has 0 aromatic heterocycles. The molecular formula is C24H27BrFN3O3. The molecule has 0 unspecified atom stereocenters. The molecule has 2 aromatic carbocycles. The fraction of sp³-hybridized carbons (Fsp3) is 0.375. The monoisotopic (exact) mass is 503 g/mol. The van der Waals surface area contributed by atoms with Gasteiger partial charge in [0.05, 0.1) is 0 Å². The lowest BCUT2D eigenvalue weighted by atomic mass is 9.88. The van der Waals surface area contributed by atoms with E-state index in [1.54, 1.807) is 17.0 Å². The smallest absolute Gasteiger partial charge is 0.253 e. The molecule has 2 aromatic rings. The summed E-state index contributed by atoms with van der Waals surface area (Å²) in [6.07, 6.45) is 1.17. The predicted molar refractivity (Wildman–Crippen MR) is 124 cm³/mol. The minimum absolute atomic E-state index is 0.0525. The number of rotatable bonds is 6. The highest BCUT2D eigenvalue weighted by Gasteiger charge is 2.34. The van der Waals surface area contributed by atoms with E-state index in [0.717, 1.165) is 4.47 Å². The summed E-state index contributed by atoms with van der Waals surface area (Å²) in [4.78, 5) is 40.2. The third-order valence-electron chi connectivity index (χ3n) is 5.48. The zero-order valence-electron chi connectivity index (χ0n) is 18.1. The van der Waals surface area contributed by atoms with Gasteiger partial charge in [0.25, 0.3) is 11.8 Å². The molecule has 1 saturated heterocycles. The minimum atomic E-state index is -0.738. The van der Waals surface area contributed by atoms with Crippen LogP contribution in [0.4, 0.5) is 4.39 Å². The van der Waals surface area contributed by atoms with Crippen molar-refractivity contribution in [1.82, 2.24) is 15.5 Å². The molecule has 32 heavy (non-hydrogen) atoms. The number of piperidine rings is 1. The van der Waals surface area contributed by atoms with Gasteiger partial charge in [-0.3, -0.25) is 14.4 Å². The highest BCUT2D eigenvalue weighted by Crippen LogP contribution is 2.24. The van der Waals surface area contributed by atoms with Crippen LogP contribution in [0.2, 0.25) is 0 Å². The van der Waals surface area contributed by atoms with E-state index >= 15 is 0 Å². The van der Waals surface area contributed by atoms with Crippen LogP contribution in [0.3, 0.4) is 0 Å². The van der Waals surface area contributed by atoms with Crippen LogP contribution in [0.5, 0.6) is 0 Å². The molecule has 0 bridgehead atoms. The number of hydrogen-bond acceptors (Lipinski definition) is 3. The Morgan fingerprint density at radius 3 is 2.25 bits per heavy atom. The number of likely N-dealkylation sites (tertiary alicyclic amines) is 1. The molecule has 0 radical (unpaired) electrons. The average Bonchev–Trinajstić information content (AvgIpc) is 2.77. The van der Waals surface area contributed by atoms with Crippen molar-refractivity contribution < 1.29 is 18.8 Å². The third kappa shape index (κ3) is 6.16. The molecule has 3 rings (SSSR count). The van der Waals surface area contributed by atoms with Gasteiger partial charge in [-0.25, -0.2) is 4.39 Å². The van der Waals surface area contributed by atoms with Gasteiger partial charge in [-0.2, -0.15) is 0 Å². The maximum Gasteiger partial charge on any atom is 0.253 e. The SMILES string of the molecule is CC(C)NC(=O)[C@H](NC(=O)c1ccc(F)cc1)C1CCN(C(=O)c2cccc(Br)c2)CC1. The fourth-order valence-electron chi connectivity index (χ4n) is 3.84. The summed E-state index contributed by atoms with van der Waals surface area (Å²) in [6.45, 7) is 4.70. The highest BCUT2D eigenvalue weighted by molar-refractivity contribution is 9.10. The van der Waals surface area contributed by atoms with E-state index < -0.39 is 17.8 Å². The Labute approximate surface area is 195 Å². The molecule has 2 N–H and O–H groups in total. The Hall–Kier alpha value is -2.74. The summed E-state index contributed by atoms with van der Waals surface area (Å²) < 4.78 is 14.0. The van der Waals surface area contributed by atoms with E-state index in [9.17, 15) is 18.8 Å². The summed E-state index contributed by atoms with van der Waals surface area (Å²) in [7, 11) is 0. The van der Waals surface area contributed by atoms with E-state index in [4.69, 9.17) is 0 Å². The molecule has 1 aliphatic rings. The zero-order valence-corrected chi connectivity index (χ0v) is 19.7. The van der Waals surface area contributed by atoms with E-state index in [2.05, 4.69) is 26.6 Å². The molecule has 1 heterocycles. The van der Waals surface area contributed by atoms with Crippen LogP contribution in [-0.2, 0) is 4.79 Å². The Bertz CT molecular complexity index is 973. The molecule has 3 amide bonds. The van der Waals surface area contributed by atoms with Crippen LogP contribution < -0.4 is 10.6 Å². The molecule has 170 valence electrons. The van der Waals surface area contributed by atoms with Crippen LogP contribution in [-0.4, -0.2) is 47.8 Å². The maximum absolute atomic E-state index is 13.2. The van der Waals surface area contributed by atoms with E-state index in [-0.39, 0.29) is 29.3 Å². The van der Waals surface area contributed by atoms with Crippen LogP contribution in [0.25, 0.3) is 0 Å². The van der Waals surface area contributed by atoms with Crippen LogP contribution in [0.15, 0.2) is 53.0 Å². The number of carbonyl (C=O) groups excluding carboxylic acids is 3. The molecule has 1 fully saturated rings. The van der Waals surface area contributed by atoms with Crippen molar-refractivity contribution in [2.24, 2.45) is 5.92 Å². The van der Waals surface area contributed by atoms with Gasteiger partial charge in [-0.1, -0.05) is 22.0 Å². The second kappa shape index (κ2) is 10.7. The van der Waals surface area contributed by atoms with Crippen LogP contribution >= 0.6 is 15.9 Å². The number of amides is 3. The van der Waals surface area contributed by atoms with Gasteiger partial charge in [-0.15, -0.1) is 0 Å². The van der Waals surface area contributed by atoms with Gasteiger partial charge in [0, 0.05) is 34.7 Å². The summed E-state index contributed by atoms with van der Waals surface area (Å²) in [5, 5.41) is 5.70. The zero-order chi connectivity index (χ0) is 23.3. The lowest BCUT2D eigenvalue weighted by Gasteiger charge is -2.36. The van der Waals surface area contributed by atoms with Crippen molar-refractivity contribution >= 4 is 33.7 Å². The van der Waals surface area contributed by atoms with Gasteiger partial charge in [0.1, 0.15) is 11.9 Å². The molecule has 0 aliphatic carbocycles. The normalized spacial score (nSPS) is 15.3. The lowest BCUT2D eigenvalue weighted by Crippen LogP contribution is -2.54. The summed E-state index contributed by atoms with van der Waals surface area (Å²) in [5.74, 6) is -1.29. The van der Waals surface area contributed by atoms with Crippen molar-refractivity contribution in [2.75, 3.05) is 13.1 Å². The number of benzene rings is 2. The minimum Gasteiger partial charge on any atom is -0.352 e. The van der Waals surface area contributed by atoms with Gasteiger partial charge in [0.2, 0.25) is 5.91 Å². The van der Waals surface area contributed by atoms with Crippen molar-refractivity contribution in [1.29, 1.82) is 0 Å². The molecule has 1 aliphatic heterocycles. The Morgan fingerprint density at radius 1 is 1.00 bits per heavy atom. The number of nitrogens with zero attached hydrogens (tertiary/aromatic N) is 1. The van der Waals surface area contributed by atoms with Crippen LogP contribution in [0, 0.1) is 11.7 Å². The lowest BCUT2D eigenvalue weighted by molar-refractivity contribution is -0.125. The van der Waals surface area contributed by atoms with E-state index in [1.165, 1.54) is 24.3 Å². The molecule has 8 heteroatoms. The number of hydrogen-bond donors (Lipinski definition) is 2. The van der Waals surface area contributed by atoms with Crippen molar-refractivity contribution in [3.05, 3.63) is 69.9 Å². The highest BCUT2D eigenvalue weighted by atomic mass is 79.9. The summed E-state index contributed by atoms with van der Waals surface area (Å²) in [6, 6.07) is 11.6. The predicted octanol–water partition coefficient (Wildman–Crippen LogP) is 3.76. The summed E-state index contributed by atoms with van der Waals surface area (Å²) >= 11 is 3.39. The fourth-order valence-corrected chi connectivity index (χ4v) is 4.24.